The first-order chi connectivity index (χ1) is 12.2. The molecule has 0 aliphatic carbocycles. The van der Waals surface area contributed by atoms with Gasteiger partial charge in [0.05, 0.1) is 5.69 Å². The lowest BCUT2D eigenvalue weighted by molar-refractivity contribution is -0.154. The van der Waals surface area contributed by atoms with Crippen LogP contribution >= 0.6 is 15.9 Å². The minimum Gasteiger partial charge on any atom is -0.460 e. The van der Waals surface area contributed by atoms with E-state index in [1.54, 1.807) is 4.52 Å². The summed E-state index contributed by atoms with van der Waals surface area (Å²) >= 11 is 3.52. The van der Waals surface area contributed by atoms with Crippen LogP contribution in [0.1, 0.15) is 32.8 Å². The van der Waals surface area contributed by atoms with E-state index in [4.69, 9.17) is 10.5 Å². The molecule has 0 saturated carbocycles. The third-order valence-electron chi connectivity index (χ3n) is 3.80. The van der Waals surface area contributed by atoms with E-state index in [2.05, 4.69) is 32.1 Å². The Hall–Kier alpha value is -2.41. The summed E-state index contributed by atoms with van der Waals surface area (Å²) in [4.78, 5) is 16.0. The van der Waals surface area contributed by atoms with Gasteiger partial charge in [-0.2, -0.15) is 5.10 Å². The van der Waals surface area contributed by atoms with E-state index >= 15 is 0 Å². The highest BCUT2D eigenvalue weighted by atomic mass is 79.9. The fourth-order valence-corrected chi connectivity index (χ4v) is 3.34. The molecule has 0 unspecified atom stereocenters. The molecule has 0 amide bonds. The molecule has 0 bridgehead atoms. The van der Waals surface area contributed by atoms with Crippen LogP contribution < -0.4 is 5.73 Å². The van der Waals surface area contributed by atoms with Crippen LogP contribution in [0.3, 0.4) is 0 Å². The van der Waals surface area contributed by atoms with Gasteiger partial charge in [0.15, 0.2) is 5.82 Å². The number of nitrogens with zero attached hydrogens (tertiary/aromatic N) is 3. The molecular formula is C19H21BrN4O2. The van der Waals surface area contributed by atoms with Crippen molar-refractivity contribution in [2.45, 2.75) is 39.2 Å². The van der Waals surface area contributed by atoms with Gasteiger partial charge in [-0.05, 0) is 60.8 Å². The van der Waals surface area contributed by atoms with E-state index in [0.717, 1.165) is 26.8 Å². The Bertz CT molecular complexity index is 960. The fourth-order valence-electron chi connectivity index (χ4n) is 2.75. The van der Waals surface area contributed by atoms with Crippen molar-refractivity contribution in [3.05, 3.63) is 46.7 Å². The zero-order valence-electron chi connectivity index (χ0n) is 15.0. The zero-order chi connectivity index (χ0) is 18.9. The third kappa shape index (κ3) is 4.04. The van der Waals surface area contributed by atoms with Crippen LogP contribution in [-0.2, 0) is 16.0 Å². The second-order valence-corrected chi connectivity index (χ2v) is 7.92. The largest absolute Gasteiger partial charge is 0.460 e. The number of aromatic nitrogens is 3. The maximum Gasteiger partial charge on any atom is 0.306 e. The van der Waals surface area contributed by atoms with E-state index in [-0.39, 0.29) is 5.97 Å². The topological polar surface area (TPSA) is 82.5 Å². The predicted molar refractivity (Wildman–Crippen MR) is 105 cm³/mol. The molecule has 3 rings (SSSR count). The summed E-state index contributed by atoms with van der Waals surface area (Å²) in [5, 5.41) is 4.30. The number of nitrogen functional groups attached to an aromatic ring is 1. The van der Waals surface area contributed by atoms with Crippen LogP contribution in [0.25, 0.3) is 16.8 Å². The Balaban J connectivity index is 1.85. The van der Waals surface area contributed by atoms with Gasteiger partial charge in [0.2, 0.25) is 0 Å². The lowest BCUT2D eigenvalue weighted by atomic mass is 10.0. The molecule has 0 spiro atoms. The third-order valence-corrected chi connectivity index (χ3v) is 4.40. The SMILES string of the molecule is CC(C)(C)OC(=O)CCc1cccc(-c2cc(Br)c3c(N)ncnn23)c1. The van der Waals surface area contributed by atoms with Gasteiger partial charge in [-0.15, -0.1) is 0 Å². The van der Waals surface area contributed by atoms with Gasteiger partial charge >= 0.3 is 5.97 Å². The van der Waals surface area contributed by atoms with Gasteiger partial charge in [0.25, 0.3) is 0 Å². The number of ether oxygens (including phenoxy) is 1. The molecule has 3 aromatic rings. The van der Waals surface area contributed by atoms with Crippen molar-refractivity contribution in [1.29, 1.82) is 0 Å². The van der Waals surface area contributed by atoms with Gasteiger partial charge in [0.1, 0.15) is 17.4 Å². The van der Waals surface area contributed by atoms with Crippen molar-refractivity contribution >= 4 is 33.2 Å². The summed E-state index contributed by atoms with van der Waals surface area (Å²) < 4.78 is 7.97. The minimum atomic E-state index is -0.463. The van der Waals surface area contributed by atoms with Crippen molar-refractivity contribution in [2.24, 2.45) is 0 Å². The van der Waals surface area contributed by atoms with E-state index in [9.17, 15) is 4.79 Å². The van der Waals surface area contributed by atoms with Gasteiger partial charge in [-0.1, -0.05) is 18.2 Å². The summed E-state index contributed by atoms with van der Waals surface area (Å²) in [6, 6.07) is 9.99. The average molecular weight is 417 g/mol. The number of halogens is 1. The molecule has 0 aliphatic heterocycles. The number of hydrogen-bond acceptors (Lipinski definition) is 5. The number of aryl methyl sites for hydroxylation is 1. The Kier molecular flexibility index (Phi) is 5.00. The van der Waals surface area contributed by atoms with E-state index < -0.39 is 5.60 Å². The van der Waals surface area contributed by atoms with Crippen molar-refractivity contribution < 1.29 is 9.53 Å². The molecule has 0 aliphatic rings. The lowest BCUT2D eigenvalue weighted by Gasteiger charge is -2.19. The van der Waals surface area contributed by atoms with Gasteiger partial charge in [0, 0.05) is 16.5 Å². The molecule has 0 radical (unpaired) electrons. The number of carbonyl (C=O) groups excluding carboxylic acids is 1. The molecule has 7 heteroatoms. The van der Waals surface area contributed by atoms with Gasteiger partial charge in [-0.3, -0.25) is 4.79 Å². The van der Waals surface area contributed by atoms with Crippen LogP contribution in [0.4, 0.5) is 5.82 Å². The highest BCUT2D eigenvalue weighted by molar-refractivity contribution is 9.10. The van der Waals surface area contributed by atoms with Crippen LogP contribution in [0, 0.1) is 0 Å². The van der Waals surface area contributed by atoms with Crippen molar-refractivity contribution in [3.63, 3.8) is 0 Å². The first kappa shape index (κ1) is 18.4. The van der Waals surface area contributed by atoms with Crippen LogP contribution in [0.5, 0.6) is 0 Å². The number of carbonyl (C=O) groups is 1. The van der Waals surface area contributed by atoms with Crippen LogP contribution in [0.15, 0.2) is 41.1 Å². The standard InChI is InChI=1S/C19H21BrN4O2/c1-19(2,3)26-16(25)8-7-12-5-4-6-13(9-12)15-10-14(20)17-18(21)22-11-23-24(15)17/h4-6,9-11H,7-8H2,1-3H3,(H2,21,22,23). The number of fused-ring (bicyclic) bond motifs is 1. The lowest BCUT2D eigenvalue weighted by Crippen LogP contribution is -2.24. The highest BCUT2D eigenvalue weighted by Crippen LogP contribution is 2.31. The molecule has 0 saturated heterocycles. The number of anilines is 1. The first-order valence-corrected chi connectivity index (χ1v) is 9.13. The Morgan fingerprint density at radius 2 is 2.08 bits per heavy atom. The van der Waals surface area contributed by atoms with E-state index in [1.807, 2.05) is 45.0 Å². The molecule has 2 heterocycles. The monoisotopic (exact) mass is 416 g/mol. The molecule has 2 N–H and O–H groups in total. The van der Waals surface area contributed by atoms with Crippen LogP contribution in [0.2, 0.25) is 0 Å². The van der Waals surface area contributed by atoms with Crippen molar-refractivity contribution in [2.75, 3.05) is 5.73 Å². The summed E-state index contributed by atoms with van der Waals surface area (Å²) in [6.45, 7) is 5.61. The van der Waals surface area contributed by atoms with E-state index in [0.29, 0.717) is 18.7 Å². The maximum atomic E-state index is 11.9. The Labute approximate surface area is 160 Å². The number of rotatable bonds is 4. The Morgan fingerprint density at radius 1 is 1.31 bits per heavy atom. The molecule has 0 atom stereocenters. The summed E-state index contributed by atoms with van der Waals surface area (Å²) in [7, 11) is 0. The molecule has 6 nitrogen and oxygen atoms in total. The molecule has 1 aromatic carbocycles. The molecule has 0 fully saturated rings. The van der Waals surface area contributed by atoms with Crippen molar-refractivity contribution in [1.82, 2.24) is 14.6 Å². The quantitative estimate of drug-likeness (QED) is 0.649. The summed E-state index contributed by atoms with van der Waals surface area (Å²) in [5.74, 6) is 0.221. The van der Waals surface area contributed by atoms with Crippen LogP contribution in [-0.4, -0.2) is 26.2 Å². The average Bonchev–Trinajstić information content (AvgIpc) is 2.90. The number of nitrogens with two attached hydrogens (primary N) is 1. The normalized spacial score (nSPS) is 11.7. The molecule has 26 heavy (non-hydrogen) atoms. The highest BCUT2D eigenvalue weighted by Gasteiger charge is 2.17. The smallest absolute Gasteiger partial charge is 0.306 e. The predicted octanol–water partition coefficient (Wildman–Crippen LogP) is 4.02. The second kappa shape index (κ2) is 7.07. The maximum absolute atomic E-state index is 11.9. The number of esters is 1. The summed E-state index contributed by atoms with van der Waals surface area (Å²) in [6.07, 6.45) is 2.39. The van der Waals surface area contributed by atoms with Gasteiger partial charge < -0.3 is 10.5 Å². The molecule has 2 aromatic heterocycles. The fraction of sp³-hybridized carbons (Fsp3) is 0.316. The van der Waals surface area contributed by atoms with Crippen molar-refractivity contribution in [3.8, 4) is 11.3 Å². The van der Waals surface area contributed by atoms with E-state index in [1.165, 1.54) is 6.33 Å². The second-order valence-electron chi connectivity index (χ2n) is 7.07. The number of benzene rings is 1. The Morgan fingerprint density at radius 3 is 2.81 bits per heavy atom. The molecule has 136 valence electrons. The first-order valence-electron chi connectivity index (χ1n) is 8.33. The molecular weight excluding hydrogens is 396 g/mol. The number of hydrogen-bond donors (Lipinski definition) is 1. The zero-order valence-corrected chi connectivity index (χ0v) is 16.6. The minimum absolute atomic E-state index is 0.195. The van der Waals surface area contributed by atoms with Gasteiger partial charge in [-0.25, -0.2) is 9.50 Å². The summed E-state index contributed by atoms with van der Waals surface area (Å²) in [5.41, 5.74) is 9.18.